The summed E-state index contributed by atoms with van der Waals surface area (Å²) in [6.45, 7) is 5.78. The third-order valence-electron chi connectivity index (χ3n) is 3.53. The SMILES string of the molecule is COCCN(C)CCNC(C)c1ccc(OC)c(OC)c1. The van der Waals surface area contributed by atoms with Gasteiger partial charge in [-0.3, -0.25) is 0 Å². The smallest absolute Gasteiger partial charge is 0.161 e. The maximum Gasteiger partial charge on any atom is 0.161 e. The van der Waals surface area contributed by atoms with Gasteiger partial charge in [0.25, 0.3) is 0 Å². The number of nitrogens with zero attached hydrogens (tertiary/aromatic N) is 1. The van der Waals surface area contributed by atoms with E-state index in [1.165, 1.54) is 5.56 Å². The van der Waals surface area contributed by atoms with Gasteiger partial charge in [0.05, 0.1) is 20.8 Å². The van der Waals surface area contributed by atoms with Crippen molar-refractivity contribution < 1.29 is 14.2 Å². The average Bonchev–Trinajstić information content (AvgIpc) is 2.51. The fourth-order valence-electron chi connectivity index (χ4n) is 2.07. The standard InChI is InChI=1S/C16H28N2O3/c1-13(17-8-9-18(2)10-11-19-3)14-6-7-15(20-4)16(12-14)21-5/h6-7,12-13,17H,8-11H2,1-5H3. The van der Waals surface area contributed by atoms with E-state index in [4.69, 9.17) is 14.2 Å². The zero-order chi connectivity index (χ0) is 15.7. The lowest BCUT2D eigenvalue weighted by atomic mass is 10.1. The van der Waals surface area contributed by atoms with Crippen molar-refractivity contribution in [2.75, 3.05) is 54.6 Å². The maximum atomic E-state index is 5.34. The molecule has 1 aromatic rings. The minimum Gasteiger partial charge on any atom is -0.493 e. The van der Waals surface area contributed by atoms with Gasteiger partial charge in [-0.2, -0.15) is 0 Å². The van der Waals surface area contributed by atoms with Gasteiger partial charge in [0.15, 0.2) is 11.5 Å². The number of hydrogen-bond donors (Lipinski definition) is 1. The minimum atomic E-state index is 0.264. The van der Waals surface area contributed by atoms with Crippen LogP contribution in [-0.4, -0.2) is 59.5 Å². The van der Waals surface area contributed by atoms with E-state index in [1.54, 1.807) is 21.3 Å². The van der Waals surface area contributed by atoms with Gasteiger partial charge in [-0.15, -0.1) is 0 Å². The normalized spacial score (nSPS) is 12.5. The van der Waals surface area contributed by atoms with Gasteiger partial charge in [0.2, 0.25) is 0 Å². The van der Waals surface area contributed by atoms with Crippen molar-refractivity contribution >= 4 is 0 Å². The molecule has 21 heavy (non-hydrogen) atoms. The number of methoxy groups -OCH3 is 3. The van der Waals surface area contributed by atoms with Gasteiger partial charge in [-0.25, -0.2) is 0 Å². The summed E-state index contributed by atoms with van der Waals surface area (Å²) in [4.78, 5) is 2.25. The van der Waals surface area contributed by atoms with Crippen molar-refractivity contribution in [1.29, 1.82) is 0 Å². The van der Waals surface area contributed by atoms with Crippen LogP contribution < -0.4 is 14.8 Å². The van der Waals surface area contributed by atoms with Crippen LogP contribution in [0.5, 0.6) is 11.5 Å². The van der Waals surface area contributed by atoms with Gasteiger partial charge in [0, 0.05) is 32.8 Å². The molecule has 1 rings (SSSR count). The van der Waals surface area contributed by atoms with Crippen LogP contribution in [0.25, 0.3) is 0 Å². The van der Waals surface area contributed by atoms with Gasteiger partial charge >= 0.3 is 0 Å². The van der Waals surface area contributed by atoms with Crippen molar-refractivity contribution in [3.8, 4) is 11.5 Å². The molecule has 1 N–H and O–H groups in total. The summed E-state index contributed by atoms with van der Waals surface area (Å²) in [5, 5.41) is 3.52. The Hall–Kier alpha value is -1.30. The molecule has 1 unspecified atom stereocenters. The fraction of sp³-hybridized carbons (Fsp3) is 0.625. The second-order valence-electron chi connectivity index (χ2n) is 5.09. The molecule has 0 radical (unpaired) electrons. The second kappa shape index (κ2) is 9.60. The lowest BCUT2D eigenvalue weighted by molar-refractivity contribution is 0.161. The molecule has 0 fully saturated rings. The summed E-state index contributed by atoms with van der Waals surface area (Å²) >= 11 is 0. The Balaban J connectivity index is 2.46. The number of likely N-dealkylation sites (N-methyl/N-ethyl adjacent to an activating group) is 1. The highest BCUT2D eigenvalue weighted by Gasteiger charge is 2.10. The van der Waals surface area contributed by atoms with Crippen LogP contribution in [0.1, 0.15) is 18.5 Å². The highest BCUT2D eigenvalue weighted by atomic mass is 16.5. The zero-order valence-corrected chi connectivity index (χ0v) is 13.8. The molecule has 5 heteroatoms. The molecule has 120 valence electrons. The van der Waals surface area contributed by atoms with E-state index in [0.717, 1.165) is 37.7 Å². The first-order chi connectivity index (χ1) is 10.1. The first-order valence-electron chi connectivity index (χ1n) is 7.25. The molecule has 0 aromatic heterocycles. The van der Waals surface area contributed by atoms with Crippen LogP contribution >= 0.6 is 0 Å². The molecule has 1 atom stereocenters. The predicted octanol–water partition coefficient (Wildman–Crippen LogP) is 1.93. The van der Waals surface area contributed by atoms with Crippen LogP contribution in [0.3, 0.4) is 0 Å². The van der Waals surface area contributed by atoms with E-state index in [1.807, 2.05) is 12.1 Å². The van der Waals surface area contributed by atoms with Crippen molar-refractivity contribution in [3.63, 3.8) is 0 Å². The zero-order valence-electron chi connectivity index (χ0n) is 13.8. The van der Waals surface area contributed by atoms with Crippen LogP contribution in [0.15, 0.2) is 18.2 Å². The van der Waals surface area contributed by atoms with E-state index in [2.05, 4.69) is 30.3 Å². The molecule has 0 saturated carbocycles. The molecule has 0 aliphatic rings. The number of rotatable bonds is 10. The average molecular weight is 296 g/mol. The van der Waals surface area contributed by atoms with Crippen LogP contribution in [0.2, 0.25) is 0 Å². The Morgan fingerprint density at radius 2 is 1.81 bits per heavy atom. The third-order valence-corrected chi connectivity index (χ3v) is 3.53. The lowest BCUT2D eigenvalue weighted by Gasteiger charge is -2.20. The molecule has 0 saturated heterocycles. The number of hydrogen-bond acceptors (Lipinski definition) is 5. The molecule has 0 spiro atoms. The van der Waals surface area contributed by atoms with E-state index >= 15 is 0 Å². The number of ether oxygens (including phenoxy) is 3. The molecule has 1 aromatic carbocycles. The molecule has 0 bridgehead atoms. The fourth-order valence-corrected chi connectivity index (χ4v) is 2.07. The van der Waals surface area contributed by atoms with E-state index in [9.17, 15) is 0 Å². The first kappa shape index (κ1) is 17.8. The Labute approximate surface area is 128 Å². The Bertz CT molecular complexity index is 413. The van der Waals surface area contributed by atoms with Crippen molar-refractivity contribution in [2.45, 2.75) is 13.0 Å². The first-order valence-corrected chi connectivity index (χ1v) is 7.25. The molecule has 0 aliphatic heterocycles. The largest absolute Gasteiger partial charge is 0.493 e. The summed E-state index contributed by atoms with van der Waals surface area (Å²) in [5.41, 5.74) is 1.19. The van der Waals surface area contributed by atoms with Crippen molar-refractivity contribution in [3.05, 3.63) is 23.8 Å². The Morgan fingerprint density at radius 3 is 2.43 bits per heavy atom. The Morgan fingerprint density at radius 1 is 1.10 bits per heavy atom. The molecular formula is C16H28N2O3. The van der Waals surface area contributed by atoms with Gasteiger partial charge in [-0.1, -0.05) is 6.07 Å². The predicted molar refractivity (Wildman–Crippen MR) is 85.3 cm³/mol. The van der Waals surface area contributed by atoms with Gasteiger partial charge < -0.3 is 24.4 Å². The third kappa shape index (κ3) is 5.91. The molecule has 0 heterocycles. The molecule has 5 nitrogen and oxygen atoms in total. The summed E-state index contributed by atoms with van der Waals surface area (Å²) in [6, 6.07) is 6.29. The number of nitrogens with one attached hydrogen (secondary N) is 1. The van der Waals surface area contributed by atoms with E-state index in [0.29, 0.717) is 0 Å². The highest BCUT2D eigenvalue weighted by Crippen LogP contribution is 2.29. The minimum absolute atomic E-state index is 0.264. The molecule has 0 aliphatic carbocycles. The molecular weight excluding hydrogens is 268 g/mol. The summed E-state index contributed by atoms with van der Waals surface area (Å²) in [5.74, 6) is 1.52. The monoisotopic (exact) mass is 296 g/mol. The van der Waals surface area contributed by atoms with Crippen molar-refractivity contribution in [2.24, 2.45) is 0 Å². The van der Waals surface area contributed by atoms with Gasteiger partial charge in [0.1, 0.15) is 0 Å². The second-order valence-corrected chi connectivity index (χ2v) is 5.09. The quantitative estimate of drug-likeness (QED) is 0.715. The number of benzene rings is 1. The highest BCUT2D eigenvalue weighted by molar-refractivity contribution is 5.43. The summed E-state index contributed by atoms with van der Waals surface area (Å²) in [6.07, 6.45) is 0. The molecule has 0 amide bonds. The summed E-state index contributed by atoms with van der Waals surface area (Å²) in [7, 11) is 7.13. The van der Waals surface area contributed by atoms with Crippen LogP contribution in [-0.2, 0) is 4.74 Å². The summed E-state index contributed by atoms with van der Waals surface area (Å²) < 4.78 is 15.7. The van der Waals surface area contributed by atoms with Gasteiger partial charge in [-0.05, 0) is 31.7 Å². The van der Waals surface area contributed by atoms with E-state index in [-0.39, 0.29) is 6.04 Å². The van der Waals surface area contributed by atoms with Crippen LogP contribution in [0.4, 0.5) is 0 Å². The van der Waals surface area contributed by atoms with Crippen LogP contribution in [0, 0.1) is 0 Å². The lowest BCUT2D eigenvalue weighted by Crippen LogP contribution is -2.32. The van der Waals surface area contributed by atoms with E-state index < -0.39 is 0 Å². The topological polar surface area (TPSA) is 43.0 Å². The maximum absolute atomic E-state index is 5.34. The Kier molecular flexibility index (Phi) is 8.12. The van der Waals surface area contributed by atoms with Crippen molar-refractivity contribution in [1.82, 2.24) is 10.2 Å².